The van der Waals surface area contributed by atoms with Crippen LogP contribution in [-0.2, 0) is 6.42 Å². The summed E-state index contributed by atoms with van der Waals surface area (Å²) in [5.41, 5.74) is 6.57. The molecule has 0 spiro atoms. The van der Waals surface area contributed by atoms with Crippen molar-refractivity contribution in [1.29, 1.82) is 0 Å². The van der Waals surface area contributed by atoms with Crippen LogP contribution in [0.5, 0.6) is 11.5 Å². The van der Waals surface area contributed by atoms with Crippen LogP contribution >= 0.6 is 0 Å². The Balaban J connectivity index is 2.43. The van der Waals surface area contributed by atoms with E-state index in [-0.39, 0.29) is 11.4 Å². The molecule has 0 radical (unpaired) electrons. The SMILES string of the molecule is CCc1ccccc1Oc1c(N)ccc(F)c1F. The minimum absolute atomic E-state index is 0.0693. The largest absolute Gasteiger partial charge is 0.452 e. The van der Waals surface area contributed by atoms with Crippen LogP contribution in [0.4, 0.5) is 14.5 Å². The molecule has 0 saturated heterocycles. The Hall–Kier alpha value is -2.10. The molecule has 0 aliphatic rings. The fourth-order valence-electron chi connectivity index (χ4n) is 1.66. The van der Waals surface area contributed by atoms with Gasteiger partial charge in [-0.1, -0.05) is 25.1 Å². The summed E-state index contributed by atoms with van der Waals surface area (Å²) in [6.07, 6.45) is 0.729. The predicted molar refractivity (Wildman–Crippen MR) is 66.7 cm³/mol. The quantitative estimate of drug-likeness (QED) is 0.837. The third kappa shape index (κ3) is 2.27. The Labute approximate surface area is 104 Å². The van der Waals surface area contributed by atoms with Gasteiger partial charge in [-0.05, 0) is 30.2 Å². The number of hydrogen-bond acceptors (Lipinski definition) is 2. The van der Waals surface area contributed by atoms with Gasteiger partial charge in [0.15, 0.2) is 11.6 Å². The number of para-hydroxylation sites is 1. The number of halogens is 2. The van der Waals surface area contributed by atoms with E-state index in [2.05, 4.69) is 0 Å². The van der Waals surface area contributed by atoms with Gasteiger partial charge in [0.05, 0.1) is 5.69 Å². The first-order chi connectivity index (χ1) is 8.63. The van der Waals surface area contributed by atoms with E-state index in [4.69, 9.17) is 10.5 Å². The number of nitrogens with two attached hydrogens (primary N) is 1. The van der Waals surface area contributed by atoms with Crippen molar-refractivity contribution in [3.05, 3.63) is 53.6 Å². The Morgan fingerprint density at radius 2 is 1.83 bits per heavy atom. The lowest BCUT2D eigenvalue weighted by molar-refractivity contribution is 0.415. The standard InChI is InChI=1S/C14H13F2NO/c1-2-9-5-3-4-6-12(9)18-14-11(17)8-7-10(15)13(14)16/h3-8H,2,17H2,1H3. The van der Waals surface area contributed by atoms with Crippen LogP contribution in [0.3, 0.4) is 0 Å². The van der Waals surface area contributed by atoms with Gasteiger partial charge >= 0.3 is 0 Å². The Morgan fingerprint density at radius 3 is 2.56 bits per heavy atom. The first-order valence-corrected chi connectivity index (χ1v) is 5.62. The van der Waals surface area contributed by atoms with E-state index in [9.17, 15) is 8.78 Å². The van der Waals surface area contributed by atoms with Gasteiger partial charge in [0.2, 0.25) is 5.82 Å². The maximum Gasteiger partial charge on any atom is 0.203 e. The average Bonchev–Trinajstić information content (AvgIpc) is 2.39. The van der Waals surface area contributed by atoms with Crippen LogP contribution in [0.15, 0.2) is 36.4 Å². The fraction of sp³-hybridized carbons (Fsp3) is 0.143. The molecule has 0 aromatic heterocycles. The maximum atomic E-state index is 13.6. The highest BCUT2D eigenvalue weighted by molar-refractivity contribution is 5.55. The van der Waals surface area contributed by atoms with E-state index in [1.807, 2.05) is 19.1 Å². The zero-order valence-electron chi connectivity index (χ0n) is 9.91. The molecule has 94 valence electrons. The van der Waals surface area contributed by atoms with Crippen molar-refractivity contribution in [3.63, 3.8) is 0 Å². The fourth-order valence-corrected chi connectivity index (χ4v) is 1.66. The van der Waals surface area contributed by atoms with Crippen molar-refractivity contribution >= 4 is 5.69 Å². The summed E-state index contributed by atoms with van der Waals surface area (Å²) in [7, 11) is 0. The van der Waals surface area contributed by atoms with Gasteiger partial charge in [0.1, 0.15) is 5.75 Å². The van der Waals surface area contributed by atoms with E-state index in [0.717, 1.165) is 18.1 Å². The predicted octanol–water partition coefficient (Wildman–Crippen LogP) is 3.90. The zero-order valence-corrected chi connectivity index (χ0v) is 9.91. The molecule has 2 nitrogen and oxygen atoms in total. The van der Waals surface area contributed by atoms with Gasteiger partial charge in [0, 0.05) is 0 Å². The zero-order chi connectivity index (χ0) is 13.1. The summed E-state index contributed by atoms with van der Waals surface area (Å²) < 4.78 is 32.1. The molecular formula is C14H13F2NO. The summed E-state index contributed by atoms with van der Waals surface area (Å²) in [5, 5.41) is 0. The van der Waals surface area contributed by atoms with Gasteiger partial charge in [-0.2, -0.15) is 4.39 Å². The second-order valence-electron chi connectivity index (χ2n) is 3.84. The second kappa shape index (κ2) is 5.04. The van der Waals surface area contributed by atoms with Crippen molar-refractivity contribution in [2.45, 2.75) is 13.3 Å². The van der Waals surface area contributed by atoms with Crippen LogP contribution in [0.25, 0.3) is 0 Å². The molecule has 0 aliphatic heterocycles. The van der Waals surface area contributed by atoms with Crippen molar-refractivity contribution in [3.8, 4) is 11.5 Å². The van der Waals surface area contributed by atoms with Crippen LogP contribution in [-0.4, -0.2) is 0 Å². The second-order valence-corrected chi connectivity index (χ2v) is 3.84. The molecule has 18 heavy (non-hydrogen) atoms. The number of rotatable bonds is 3. The number of benzene rings is 2. The van der Waals surface area contributed by atoms with Crippen LogP contribution in [0.1, 0.15) is 12.5 Å². The number of hydrogen-bond donors (Lipinski definition) is 1. The van der Waals surface area contributed by atoms with Crippen molar-refractivity contribution < 1.29 is 13.5 Å². The third-order valence-electron chi connectivity index (χ3n) is 2.65. The topological polar surface area (TPSA) is 35.2 Å². The highest BCUT2D eigenvalue weighted by Gasteiger charge is 2.15. The molecule has 2 aromatic rings. The lowest BCUT2D eigenvalue weighted by Gasteiger charge is -2.12. The number of anilines is 1. The van der Waals surface area contributed by atoms with Gasteiger partial charge in [-0.3, -0.25) is 0 Å². The lowest BCUT2D eigenvalue weighted by Crippen LogP contribution is -1.99. The van der Waals surface area contributed by atoms with Gasteiger partial charge in [-0.15, -0.1) is 0 Å². The highest BCUT2D eigenvalue weighted by atomic mass is 19.2. The number of nitrogen functional groups attached to an aromatic ring is 1. The molecule has 2 aromatic carbocycles. The smallest absolute Gasteiger partial charge is 0.203 e. The number of ether oxygens (including phenoxy) is 1. The Bertz CT molecular complexity index is 570. The van der Waals surface area contributed by atoms with Crippen LogP contribution in [0.2, 0.25) is 0 Å². The molecule has 0 bridgehead atoms. The molecule has 0 unspecified atom stereocenters. The first kappa shape index (κ1) is 12.4. The van der Waals surface area contributed by atoms with E-state index in [1.54, 1.807) is 12.1 Å². The van der Waals surface area contributed by atoms with Crippen LogP contribution < -0.4 is 10.5 Å². The molecule has 0 saturated carbocycles. The molecule has 0 atom stereocenters. The molecule has 0 amide bonds. The maximum absolute atomic E-state index is 13.6. The van der Waals surface area contributed by atoms with Crippen molar-refractivity contribution in [1.82, 2.24) is 0 Å². The molecule has 2 rings (SSSR count). The first-order valence-electron chi connectivity index (χ1n) is 5.62. The monoisotopic (exact) mass is 249 g/mol. The third-order valence-corrected chi connectivity index (χ3v) is 2.65. The Kier molecular flexibility index (Phi) is 3.46. The molecule has 2 N–H and O–H groups in total. The Morgan fingerprint density at radius 1 is 1.11 bits per heavy atom. The molecule has 4 heteroatoms. The summed E-state index contributed by atoms with van der Waals surface area (Å²) in [6.45, 7) is 1.95. The summed E-state index contributed by atoms with van der Waals surface area (Å²) in [4.78, 5) is 0. The molecule has 0 fully saturated rings. The summed E-state index contributed by atoms with van der Waals surface area (Å²) >= 11 is 0. The van der Waals surface area contributed by atoms with Gasteiger partial charge < -0.3 is 10.5 Å². The molecular weight excluding hydrogens is 236 g/mol. The summed E-state index contributed by atoms with van der Waals surface area (Å²) in [6, 6.07) is 9.44. The average molecular weight is 249 g/mol. The minimum Gasteiger partial charge on any atom is -0.452 e. The van der Waals surface area contributed by atoms with Crippen LogP contribution in [0, 0.1) is 11.6 Å². The molecule has 0 heterocycles. The summed E-state index contributed by atoms with van der Waals surface area (Å²) in [5.74, 6) is -1.83. The van der Waals surface area contributed by atoms with Gasteiger partial charge in [0.25, 0.3) is 0 Å². The van der Waals surface area contributed by atoms with E-state index in [0.29, 0.717) is 5.75 Å². The van der Waals surface area contributed by atoms with Crippen molar-refractivity contribution in [2.24, 2.45) is 0 Å². The normalized spacial score (nSPS) is 10.4. The van der Waals surface area contributed by atoms with E-state index in [1.165, 1.54) is 6.07 Å². The van der Waals surface area contributed by atoms with Crippen molar-refractivity contribution in [2.75, 3.05) is 5.73 Å². The minimum atomic E-state index is -1.07. The molecule has 0 aliphatic carbocycles. The number of aryl methyl sites for hydroxylation is 1. The van der Waals surface area contributed by atoms with E-state index < -0.39 is 11.6 Å². The highest BCUT2D eigenvalue weighted by Crippen LogP contribution is 2.33. The van der Waals surface area contributed by atoms with Gasteiger partial charge in [-0.25, -0.2) is 4.39 Å². The lowest BCUT2D eigenvalue weighted by atomic mass is 10.1. The van der Waals surface area contributed by atoms with E-state index >= 15 is 0 Å².